The zero-order valence-corrected chi connectivity index (χ0v) is 15.7. The van der Waals surface area contributed by atoms with Gasteiger partial charge in [-0.05, 0) is 38.2 Å². The van der Waals surface area contributed by atoms with Crippen LogP contribution in [0, 0.1) is 0 Å². The highest BCUT2D eigenvalue weighted by Crippen LogP contribution is 2.27. The molecule has 0 fully saturated rings. The molecule has 0 radical (unpaired) electrons. The van der Waals surface area contributed by atoms with Gasteiger partial charge in [-0.25, -0.2) is 28.7 Å². The molecule has 3 aromatic rings. The van der Waals surface area contributed by atoms with Gasteiger partial charge in [0.1, 0.15) is 16.8 Å². The second-order valence-electron chi connectivity index (χ2n) is 6.61. The van der Waals surface area contributed by atoms with Gasteiger partial charge in [-0.1, -0.05) is 23.9 Å². The second kappa shape index (κ2) is 6.58. The molecule has 0 aliphatic carbocycles. The molecule has 0 spiro atoms. The summed E-state index contributed by atoms with van der Waals surface area (Å²) in [6, 6.07) is 5.18. The van der Waals surface area contributed by atoms with Crippen LogP contribution in [0.4, 0.5) is 4.39 Å². The van der Waals surface area contributed by atoms with Gasteiger partial charge in [-0.15, -0.1) is 0 Å². The van der Waals surface area contributed by atoms with E-state index >= 15 is 0 Å². The van der Waals surface area contributed by atoms with Gasteiger partial charge in [0, 0.05) is 6.20 Å². The van der Waals surface area contributed by atoms with Gasteiger partial charge in [0.05, 0.1) is 12.2 Å². The third-order valence-electron chi connectivity index (χ3n) is 4.64. The van der Waals surface area contributed by atoms with E-state index in [1.807, 2.05) is 6.26 Å². The monoisotopic (exact) mass is 387 g/mol. The number of hydrogen-bond donors (Lipinski definition) is 1. The molecule has 0 aromatic carbocycles. The maximum atomic E-state index is 14.5. The minimum atomic E-state index is -1.22. The number of allylic oxidation sites excluding steroid dienone is 2. The Balaban J connectivity index is 2.09. The van der Waals surface area contributed by atoms with E-state index in [0.29, 0.717) is 35.2 Å². The number of hydrogen-bond acceptors (Lipinski definition) is 6. The van der Waals surface area contributed by atoms with E-state index in [4.69, 9.17) is 0 Å². The van der Waals surface area contributed by atoms with Crippen LogP contribution in [0.2, 0.25) is 0 Å². The van der Waals surface area contributed by atoms with Gasteiger partial charge >= 0.3 is 0 Å². The topological polar surface area (TPSA) is 85.8 Å². The van der Waals surface area contributed by atoms with Crippen LogP contribution in [-0.2, 0) is 12.1 Å². The smallest absolute Gasteiger partial charge is 0.278 e. The minimum absolute atomic E-state index is 0.238. The second-order valence-corrected chi connectivity index (χ2v) is 7.39. The number of halogens is 1. The summed E-state index contributed by atoms with van der Waals surface area (Å²) in [7, 11) is 0. The Hall–Kier alpha value is -2.52. The number of aliphatic hydroxyl groups is 1. The maximum Gasteiger partial charge on any atom is 0.278 e. The Morgan fingerprint density at radius 3 is 2.93 bits per heavy atom. The van der Waals surface area contributed by atoms with Crippen molar-refractivity contribution in [2.75, 3.05) is 6.26 Å². The molecule has 1 N–H and O–H groups in total. The lowest BCUT2D eigenvalue weighted by atomic mass is 9.95. The fraction of sp³-hybridized carbons (Fsp3) is 0.333. The third kappa shape index (κ3) is 3.06. The number of rotatable bonds is 1. The van der Waals surface area contributed by atoms with Crippen LogP contribution < -0.4 is 5.56 Å². The van der Waals surface area contributed by atoms with Crippen molar-refractivity contribution in [3.05, 3.63) is 52.3 Å². The first kappa shape index (κ1) is 17.9. The molecule has 9 heteroatoms. The van der Waals surface area contributed by atoms with Crippen LogP contribution in [0.3, 0.4) is 0 Å². The van der Waals surface area contributed by atoms with Gasteiger partial charge in [-0.2, -0.15) is 0 Å². The molecule has 1 atom stereocenters. The van der Waals surface area contributed by atoms with Gasteiger partial charge in [0.25, 0.3) is 5.56 Å². The zero-order chi connectivity index (χ0) is 19.2. The summed E-state index contributed by atoms with van der Waals surface area (Å²) < 4.78 is 17.3. The fourth-order valence-corrected chi connectivity index (χ4v) is 3.51. The quantitative estimate of drug-likeness (QED) is 0.510. The molecule has 0 saturated heterocycles. The van der Waals surface area contributed by atoms with Crippen molar-refractivity contribution >= 4 is 22.8 Å². The van der Waals surface area contributed by atoms with E-state index in [-0.39, 0.29) is 17.5 Å². The molecule has 27 heavy (non-hydrogen) atoms. The number of pyridine rings is 1. The van der Waals surface area contributed by atoms with Crippen LogP contribution >= 0.6 is 11.8 Å². The molecule has 1 aliphatic rings. The van der Waals surface area contributed by atoms with Crippen LogP contribution in [0.15, 0.2) is 46.2 Å². The Kier molecular flexibility index (Phi) is 4.35. The Morgan fingerprint density at radius 2 is 2.15 bits per heavy atom. The van der Waals surface area contributed by atoms with Crippen LogP contribution in [0.1, 0.15) is 25.5 Å². The van der Waals surface area contributed by atoms with Crippen molar-refractivity contribution in [3.8, 4) is 5.82 Å². The molecule has 1 aliphatic heterocycles. The lowest BCUT2D eigenvalue weighted by Gasteiger charge is -2.22. The summed E-state index contributed by atoms with van der Waals surface area (Å²) in [6.45, 7) is 1.41. The van der Waals surface area contributed by atoms with Gasteiger partial charge in [0.2, 0.25) is 0 Å². The molecular formula is C18H18FN5O2S. The summed E-state index contributed by atoms with van der Waals surface area (Å²) in [5, 5.41) is 11.6. The summed E-state index contributed by atoms with van der Waals surface area (Å²) >= 11 is 1.35. The van der Waals surface area contributed by atoms with E-state index in [1.165, 1.54) is 33.4 Å². The summed E-state index contributed by atoms with van der Waals surface area (Å²) in [5.41, 5.74) is -0.796. The van der Waals surface area contributed by atoms with E-state index in [2.05, 4.69) is 15.0 Å². The molecule has 4 rings (SSSR count). The third-order valence-corrected chi connectivity index (χ3v) is 5.20. The minimum Gasteiger partial charge on any atom is -0.384 e. The first-order valence-electron chi connectivity index (χ1n) is 8.48. The van der Waals surface area contributed by atoms with Crippen molar-refractivity contribution in [1.82, 2.24) is 24.3 Å². The molecule has 0 unspecified atom stereocenters. The van der Waals surface area contributed by atoms with E-state index in [1.54, 1.807) is 25.1 Å². The maximum absolute atomic E-state index is 14.5. The largest absolute Gasteiger partial charge is 0.384 e. The lowest BCUT2D eigenvalue weighted by Crippen LogP contribution is -2.25. The number of nitrogens with zero attached hydrogens (tertiary/aromatic N) is 5. The van der Waals surface area contributed by atoms with Crippen LogP contribution in [0.25, 0.3) is 16.9 Å². The highest BCUT2D eigenvalue weighted by molar-refractivity contribution is 7.98. The van der Waals surface area contributed by atoms with Crippen molar-refractivity contribution in [2.45, 2.75) is 37.1 Å². The highest BCUT2D eigenvalue weighted by Gasteiger charge is 2.26. The summed E-state index contributed by atoms with van der Waals surface area (Å²) in [4.78, 5) is 26.0. The van der Waals surface area contributed by atoms with E-state index < -0.39 is 11.4 Å². The lowest BCUT2D eigenvalue weighted by molar-refractivity contribution is 0.0442. The van der Waals surface area contributed by atoms with Crippen molar-refractivity contribution in [1.29, 1.82) is 0 Å². The van der Waals surface area contributed by atoms with Crippen molar-refractivity contribution < 1.29 is 9.50 Å². The van der Waals surface area contributed by atoms with E-state index in [0.717, 1.165) is 0 Å². The molecule has 0 saturated carbocycles. The average Bonchev–Trinajstić information content (AvgIpc) is 2.92. The molecule has 7 nitrogen and oxygen atoms in total. The zero-order valence-electron chi connectivity index (χ0n) is 14.9. The van der Waals surface area contributed by atoms with Crippen molar-refractivity contribution in [3.63, 3.8) is 0 Å². The van der Waals surface area contributed by atoms with Gasteiger partial charge in [-0.3, -0.25) is 4.79 Å². The molecule has 3 aromatic heterocycles. The van der Waals surface area contributed by atoms with E-state index in [9.17, 15) is 14.3 Å². The summed E-state index contributed by atoms with van der Waals surface area (Å²) in [6.07, 6.45) is 5.34. The SMILES string of the molecule is CSc1ncc2c(=O)n3n(c2n1)-c1cccc(n1)[C@](C)(O)CC/C=C(\F)C3. The standard InChI is InChI=1S/C18H18FN5O2S/c1-18(26)8-4-5-11(19)10-23-16(25)12-9-20-17(27-2)22-15(12)24(23)14-7-3-6-13(18)21-14/h3,5-7,9,26H,4,8,10H2,1-2H3/b11-5-/t18-/m1/s1. The first-order valence-corrected chi connectivity index (χ1v) is 9.70. The molecule has 140 valence electrons. The Morgan fingerprint density at radius 1 is 1.33 bits per heavy atom. The van der Waals surface area contributed by atoms with Crippen LogP contribution in [-0.4, -0.2) is 35.7 Å². The van der Waals surface area contributed by atoms with Crippen molar-refractivity contribution in [2.24, 2.45) is 0 Å². The molecule has 4 heterocycles. The fourth-order valence-electron chi connectivity index (χ4n) is 3.17. The van der Waals surface area contributed by atoms with Crippen LogP contribution in [0.5, 0.6) is 0 Å². The van der Waals surface area contributed by atoms with Gasteiger partial charge in [0.15, 0.2) is 16.6 Å². The average molecular weight is 387 g/mol. The van der Waals surface area contributed by atoms with Gasteiger partial charge < -0.3 is 5.11 Å². The number of fused-ring (bicyclic) bond motifs is 6. The first-order chi connectivity index (χ1) is 12.9. The highest BCUT2D eigenvalue weighted by atomic mass is 32.2. The Bertz CT molecular complexity index is 1120. The number of aromatic nitrogens is 5. The summed E-state index contributed by atoms with van der Waals surface area (Å²) in [5.74, 6) is -0.0645. The predicted octanol–water partition coefficient (Wildman–Crippen LogP) is 2.55. The molecule has 0 amide bonds. The molecular weight excluding hydrogens is 369 g/mol. The number of thioether (sulfide) groups is 1. The Labute approximate surface area is 158 Å². The normalized spacial score (nSPS) is 22.0. The predicted molar refractivity (Wildman–Crippen MR) is 101 cm³/mol. The molecule has 2 bridgehead atoms.